The highest BCUT2D eigenvalue weighted by Crippen LogP contribution is 2.32. The maximum Gasteiger partial charge on any atom is 0.230 e. The molecule has 1 fully saturated rings. The molecule has 1 aromatic heterocycles. The number of aromatic nitrogens is 3. The Balaban J connectivity index is 1.68. The molecule has 2 N–H and O–H groups in total. The molecule has 2 aromatic rings. The van der Waals surface area contributed by atoms with Gasteiger partial charge in [0.25, 0.3) is 0 Å². The van der Waals surface area contributed by atoms with E-state index in [4.69, 9.17) is 0 Å². The molecule has 1 aliphatic carbocycles. The average molecular weight is 453 g/mol. The number of amides is 1. The molecule has 0 aliphatic heterocycles. The van der Waals surface area contributed by atoms with E-state index in [1.165, 1.54) is 31.0 Å². The lowest BCUT2D eigenvalue weighted by Gasteiger charge is -2.29. The predicted octanol–water partition coefficient (Wildman–Crippen LogP) is 4.22. The Labute approximate surface area is 172 Å². The zero-order chi connectivity index (χ0) is 19.4. The summed E-state index contributed by atoms with van der Waals surface area (Å²) in [4.78, 5) is 12.4. The summed E-state index contributed by atoms with van der Waals surface area (Å²) < 4.78 is 2.78. The van der Waals surface area contributed by atoms with Gasteiger partial charge in [-0.1, -0.05) is 47.5 Å². The molecule has 1 saturated carbocycles. The lowest BCUT2D eigenvalue weighted by molar-refractivity contribution is -0.119. The van der Waals surface area contributed by atoms with Crippen LogP contribution in [0.5, 0.6) is 5.75 Å². The van der Waals surface area contributed by atoms with Crippen LogP contribution in [0.25, 0.3) is 11.4 Å². The van der Waals surface area contributed by atoms with Gasteiger partial charge in [0, 0.05) is 17.1 Å². The van der Waals surface area contributed by atoms with Gasteiger partial charge in [0.2, 0.25) is 5.91 Å². The molecule has 1 aromatic carbocycles. The number of benzene rings is 1. The fraction of sp³-hybridized carbons (Fsp3) is 0.526. The Hall–Kier alpha value is -1.54. The van der Waals surface area contributed by atoms with Crippen LogP contribution in [0.3, 0.4) is 0 Å². The highest BCUT2D eigenvalue weighted by atomic mass is 79.9. The number of hydrogen-bond acceptors (Lipinski definition) is 5. The topological polar surface area (TPSA) is 80.0 Å². The van der Waals surface area contributed by atoms with Gasteiger partial charge in [-0.05, 0) is 43.9 Å². The summed E-state index contributed by atoms with van der Waals surface area (Å²) in [6, 6.07) is 5.50. The third-order valence-corrected chi connectivity index (χ3v) is 6.48. The van der Waals surface area contributed by atoms with Crippen LogP contribution in [0.2, 0.25) is 0 Å². The van der Waals surface area contributed by atoms with E-state index in [1.807, 2.05) is 17.6 Å². The molecule has 27 heavy (non-hydrogen) atoms. The van der Waals surface area contributed by atoms with Crippen LogP contribution in [-0.2, 0) is 11.3 Å². The molecule has 0 bridgehead atoms. The first-order valence-corrected chi connectivity index (χ1v) is 11.1. The number of rotatable bonds is 6. The van der Waals surface area contributed by atoms with Crippen LogP contribution < -0.4 is 5.32 Å². The first kappa shape index (κ1) is 20.2. The Morgan fingerprint density at radius 3 is 2.89 bits per heavy atom. The molecular weight excluding hydrogens is 428 g/mol. The molecule has 8 heteroatoms. The summed E-state index contributed by atoms with van der Waals surface area (Å²) in [5, 5.41) is 22.5. The quantitative estimate of drug-likeness (QED) is 0.641. The molecule has 2 atom stereocenters. The molecule has 6 nitrogen and oxygen atoms in total. The van der Waals surface area contributed by atoms with E-state index in [1.54, 1.807) is 12.1 Å². The minimum atomic E-state index is 0.0382. The van der Waals surface area contributed by atoms with Crippen molar-refractivity contribution in [1.82, 2.24) is 20.1 Å². The molecule has 1 amide bonds. The van der Waals surface area contributed by atoms with E-state index in [-0.39, 0.29) is 17.7 Å². The molecule has 0 spiro atoms. The minimum absolute atomic E-state index is 0.0382. The summed E-state index contributed by atoms with van der Waals surface area (Å²) >= 11 is 4.80. The highest BCUT2D eigenvalue weighted by molar-refractivity contribution is 9.10. The molecule has 146 valence electrons. The van der Waals surface area contributed by atoms with Crippen molar-refractivity contribution in [3.05, 3.63) is 22.7 Å². The molecule has 0 saturated heterocycles. The molecule has 0 radical (unpaired) electrons. The number of halogens is 1. The number of thioether (sulfide) groups is 1. The first-order valence-electron chi connectivity index (χ1n) is 9.33. The normalized spacial score (nSPS) is 19.8. The van der Waals surface area contributed by atoms with Gasteiger partial charge in [-0.25, -0.2) is 0 Å². The number of phenolic OH excluding ortho intramolecular Hbond substituents is 1. The fourth-order valence-electron chi connectivity index (χ4n) is 3.48. The Morgan fingerprint density at radius 2 is 2.15 bits per heavy atom. The van der Waals surface area contributed by atoms with Crippen molar-refractivity contribution < 1.29 is 9.90 Å². The summed E-state index contributed by atoms with van der Waals surface area (Å²) in [5.74, 6) is 1.64. The van der Waals surface area contributed by atoms with Gasteiger partial charge in [-0.3, -0.25) is 4.79 Å². The summed E-state index contributed by atoms with van der Waals surface area (Å²) in [5.41, 5.74) is 0.617. The largest absolute Gasteiger partial charge is 0.507 e. The third-order valence-electron chi connectivity index (χ3n) is 5.02. The zero-order valence-electron chi connectivity index (χ0n) is 15.6. The number of carbonyl (C=O) groups is 1. The molecule has 1 heterocycles. The highest BCUT2D eigenvalue weighted by Gasteiger charge is 2.23. The lowest BCUT2D eigenvalue weighted by atomic mass is 9.86. The van der Waals surface area contributed by atoms with E-state index in [0.29, 0.717) is 34.8 Å². The molecule has 0 unspecified atom stereocenters. The Kier molecular flexibility index (Phi) is 6.81. The van der Waals surface area contributed by atoms with Crippen molar-refractivity contribution in [3.8, 4) is 17.1 Å². The minimum Gasteiger partial charge on any atom is -0.507 e. The smallest absolute Gasteiger partial charge is 0.230 e. The van der Waals surface area contributed by atoms with Crippen molar-refractivity contribution in [2.75, 3.05) is 5.75 Å². The van der Waals surface area contributed by atoms with Crippen LogP contribution in [0.1, 0.15) is 39.5 Å². The van der Waals surface area contributed by atoms with E-state index < -0.39 is 0 Å². The average Bonchev–Trinajstić information content (AvgIpc) is 3.06. The number of phenols is 1. The van der Waals surface area contributed by atoms with Gasteiger partial charge in [0.1, 0.15) is 5.75 Å². The Bertz CT molecular complexity index is 811. The monoisotopic (exact) mass is 452 g/mol. The SMILES string of the molecule is CCn1c(SCC(=O)N[C@@H]2CCCC[C@@H]2C)nnc1-c1cc(Br)ccc1O. The van der Waals surface area contributed by atoms with Gasteiger partial charge in [-0.2, -0.15) is 0 Å². The number of nitrogens with zero attached hydrogens (tertiary/aromatic N) is 3. The van der Waals surface area contributed by atoms with Crippen molar-refractivity contribution in [2.24, 2.45) is 5.92 Å². The summed E-state index contributed by atoms with van der Waals surface area (Å²) in [6.45, 7) is 4.86. The van der Waals surface area contributed by atoms with Crippen LogP contribution >= 0.6 is 27.7 Å². The van der Waals surface area contributed by atoms with Crippen molar-refractivity contribution in [2.45, 2.75) is 57.3 Å². The van der Waals surface area contributed by atoms with E-state index in [9.17, 15) is 9.90 Å². The van der Waals surface area contributed by atoms with Gasteiger partial charge in [-0.15, -0.1) is 10.2 Å². The fourth-order valence-corrected chi connectivity index (χ4v) is 4.65. The van der Waals surface area contributed by atoms with E-state index in [0.717, 1.165) is 10.9 Å². The van der Waals surface area contributed by atoms with Gasteiger partial charge in [0.15, 0.2) is 11.0 Å². The molecule has 1 aliphatic rings. The van der Waals surface area contributed by atoms with Crippen molar-refractivity contribution in [3.63, 3.8) is 0 Å². The van der Waals surface area contributed by atoms with Crippen LogP contribution in [0.15, 0.2) is 27.8 Å². The molecular formula is C19H25BrN4O2S. The second-order valence-corrected chi connectivity index (χ2v) is 8.79. The maximum absolute atomic E-state index is 12.4. The van der Waals surface area contributed by atoms with Gasteiger partial charge in [0.05, 0.1) is 11.3 Å². The third kappa shape index (κ3) is 4.85. The number of carbonyl (C=O) groups excluding carboxylic acids is 1. The van der Waals surface area contributed by atoms with E-state index >= 15 is 0 Å². The van der Waals surface area contributed by atoms with Crippen molar-refractivity contribution >= 4 is 33.6 Å². The number of aromatic hydroxyl groups is 1. The standard InChI is InChI=1S/C19H25BrN4O2S/c1-3-24-18(14-10-13(20)8-9-16(14)25)22-23-19(24)27-11-17(26)21-15-7-5-4-6-12(15)2/h8-10,12,15,25H,3-7,11H2,1-2H3,(H,21,26)/t12-,15+/m0/s1. The second-order valence-electron chi connectivity index (χ2n) is 6.94. The van der Waals surface area contributed by atoms with Gasteiger partial charge >= 0.3 is 0 Å². The Morgan fingerprint density at radius 1 is 1.37 bits per heavy atom. The molecule has 3 rings (SSSR count). The summed E-state index contributed by atoms with van der Waals surface area (Å²) in [6.07, 6.45) is 4.69. The second kappa shape index (κ2) is 9.10. The first-order chi connectivity index (χ1) is 13.0. The number of nitrogens with one attached hydrogen (secondary N) is 1. The lowest BCUT2D eigenvalue weighted by Crippen LogP contribution is -2.41. The van der Waals surface area contributed by atoms with Crippen LogP contribution in [0.4, 0.5) is 0 Å². The van der Waals surface area contributed by atoms with E-state index in [2.05, 4.69) is 38.4 Å². The van der Waals surface area contributed by atoms with Crippen LogP contribution in [0, 0.1) is 5.92 Å². The summed E-state index contributed by atoms with van der Waals surface area (Å²) in [7, 11) is 0. The predicted molar refractivity (Wildman–Crippen MR) is 111 cm³/mol. The van der Waals surface area contributed by atoms with Crippen LogP contribution in [-0.4, -0.2) is 37.6 Å². The zero-order valence-corrected chi connectivity index (χ0v) is 18.0. The number of hydrogen-bond donors (Lipinski definition) is 2. The van der Waals surface area contributed by atoms with Crippen molar-refractivity contribution in [1.29, 1.82) is 0 Å². The van der Waals surface area contributed by atoms with Gasteiger partial charge < -0.3 is 15.0 Å². The maximum atomic E-state index is 12.4.